The molecule has 0 aromatic heterocycles. The van der Waals surface area contributed by atoms with Gasteiger partial charge in [0.05, 0.1) is 0 Å². The standard InChI is InChI=1S/C10HF21O5/c11-1(12,13)3(16,17)33-5(20,21)7(24,25)35-9(28,29)10(30,31)36-8(26,27)6(22,23)34-4(18,19)2(14,15)32/h32H. The minimum absolute atomic E-state index is 1.18. The van der Waals surface area contributed by atoms with E-state index in [0.717, 1.165) is 0 Å². The molecule has 5 nitrogen and oxygen atoms in total. The Kier molecular flexibility index (Phi) is 8.55. The van der Waals surface area contributed by atoms with Crippen LogP contribution in [0.15, 0.2) is 0 Å². The second-order valence-corrected chi connectivity index (χ2v) is 5.58. The smallest absolute Gasteiger partial charge is 0.329 e. The van der Waals surface area contributed by atoms with Crippen molar-refractivity contribution in [3.63, 3.8) is 0 Å². The molecule has 0 fully saturated rings. The molecule has 26 heteroatoms. The number of hydrogen-bond acceptors (Lipinski definition) is 5. The highest BCUT2D eigenvalue weighted by Gasteiger charge is 2.79. The average molecular weight is 600 g/mol. The van der Waals surface area contributed by atoms with Crippen LogP contribution in [0.1, 0.15) is 0 Å². The molecule has 0 unspecified atom stereocenters. The van der Waals surface area contributed by atoms with Crippen LogP contribution in [0.5, 0.6) is 0 Å². The Labute approximate surface area is 179 Å². The van der Waals surface area contributed by atoms with Gasteiger partial charge in [0, 0.05) is 0 Å². The van der Waals surface area contributed by atoms with Gasteiger partial charge < -0.3 is 5.11 Å². The van der Waals surface area contributed by atoms with Crippen LogP contribution >= 0.6 is 0 Å². The maximum absolute atomic E-state index is 13.0. The molecule has 0 radical (unpaired) electrons. The minimum atomic E-state index is -7.92. The fraction of sp³-hybridized carbons (Fsp3) is 1.00. The van der Waals surface area contributed by atoms with Gasteiger partial charge >= 0.3 is 61.2 Å². The quantitative estimate of drug-likeness (QED) is 0.281. The van der Waals surface area contributed by atoms with Gasteiger partial charge in [-0.3, -0.25) is 0 Å². The third-order valence-corrected chi connectivity index (χ3v) is 2.72. The summed E-state index contributed by atoms with van der Waals surface area (Å²) < 4.78 is 268. The fourth-order valence-corrected chi connectivity index (χ4v) is 1.12. The normalized spacial score (nSPS) is 16.5. The van der Waals surface area contributed by atoms with Crippen molar-refractivity contribution in [1.82, 2.24) is 0 Å². The topological polar surface area (TPSA) is 57.2 Å². The lowest BCUT2D eigenvalue weighted by Crippen LogP contribution is -2.61. The Bertz CT molecular complexity index is 702. The van der Waals surface area contributed by atoms with E-state index in [1.165, 1.54) is 18.9 Å². The summed E-state index contributed by atoms with van der Waals surface area (Å²) in [5, 5.41) is 7.47. The maximum Gasteiger partial charge on any atom is 0.483 e. The highest BCUT2D eigenvalue weighted by molar-refractivity contribution is 4.80. The monoisotopic (exact) mass is 600 g/mol. The summed E-state index contributed by atoms with van der Waals surface area (Å²) >= 11 is 0. The van der Waals surface area contributed by atoms with Crippen LogP contribution in [0.25, 0.3) is 0 Å². The van der Waals surface area contributed by atoms with Gasteiger partial charge in [0.2, 0.25) is 0 Å². The zero-order valence-electron chi connectivity index (χ0n) is 15.0. The molecule has 0 aromatic rings. The Morgan fingerprint density at radius 2 is 0.444 bits per heavy atom. The highest BCUT2D eigenvalue weighted by Crippen LogP contribution is 2.52. The molecular formula is C10HF21O5. The zero-order chi connectivity index (χ0) is 29.8. The van der Waals surface area contributed by atoms with Crippen molar-refractivity contribution in [3.8, 4) is 0 Å². The van der Waals surface area contributed by atoms with Gasteiger partial charge in [-0.15, -0.1) is 0 Å². The number of rotatable bonds is 12. The van der Waals surface area contributed by atoms with Gasteiger partial charge in [-0.05, 0) is 0 Å². The van der Waals surface area contributed by atoms with Gasteiger partial charge in [0.1, 0.15) is 0 Å². The van der Waals surface area contributed by atoms with Crippen LogP contribution in [-0.2, 0) is 18.9 Å². The van der Waals surface area contributed by atoms with Crippen LogP contribution in [0.4, 0.5) is 92.2 Å². The van der Waals surface area contributed by atoms with Crippen molar-refractivity contribution in [1.29, 1.82) is 0 Å². The van der Waals surface area contributed by atoms with Crippen LogP contribution in [0, 0.1) is 0 Å². The molecule has 0 saturated heterocycles. The second-order valence-electron chi connectivity index (χ2n) is 5.58. The molecule has 0 aliphatic carbocycles. The Morgan fingerprint density at radius 3 is 0.611 bits per heavy atom. The molecule has 0 aliphatic heterocycles. The van der Waals surface area contributed by atoms with Crippen molar-refractivity contribution < 1.29 is 116 Å². The third-order valence-electron chi connectivity index (χ3n) is 2.72. The van der Waals surface area contributed by atoms with Crippen molar-refractivity contribution in [2.24, 2.45) is 0 Å². The summed E-state index contributed by atoms with van der Waals surface area (Å²) in [4.78, 5) is 0. The largest absolute Gasteiger partial charge is 0.483 e. The summed E-state index contributed by atoms with van der Waals surface area (Å²) in [7, 11) is 0. The highest BCUT2D eigenvalue weighted by atomic mass is 19.4. The predicted octanol–water partition coefficient (Wildman–Crippen LogP) is 5.94. The lowest BCUT2D eigenvalue weighted by molar-refractivity contribution is -0.587. The van der Waals surface area contributed by atoms with E-state index in [1.807, 2.05) is 0 Å². The Morgan fingerprint density at radius 1 is 0.278 bits per heavy atom. The molecule has 0 spiro atoms. The van der Waals surface area contributed by atoms with Crippen LogP contribution < -0.4 is 0 Å². The lowest BCUT2D eigenvalue weighted by Gasteiger charge is -2.36. The van der Waals surface area contributed by atoms with Crippen molar-refractivity contribution in [2.75, 3.05) is 0 Å². The zero-order valence-corrected chi connectivity index (χ0v) is 15.0. The number of aliphatic hydroxyl groups is 1. The summed E-state index contributed by atoms with van der Waals surface area (Å²) in [5.74, 6) is 0. The SMILES string of the molecule is OC(F)(F)C(F)(F)OC(F)(F)C(F)(F)OC(F)(F)C(F)(F)OC(F)(F)C(F)(F)OC(F)(F)C(F)(F)F. The Hall–Kier alpha value is -1.67. The molecule has 0 heterocycles. The molecule has 36 heavy (non-hydrogen) atoms. The van der Waals surface area contributed by atoms with Crippen molar-refractivity contribution in [2.45, 2.75) is 61.2 Å². The minimum Gasteiger partial charge on any atom is -0.329 e. The molecule has 218 valence electrons. The fourth-order valence-electron chi connectivity index (χ4n) is 1.12. The summed E-state index contributed by atoms with van der Waals surface area (Å²) in [6.45, 7) is 0. The van der Waals surface area contributed by atoms with E-state index in [0.29, 0.717) is 0 Å². The summed E-state index contributed by atoms with van der Waals surface area (Å²) in [6.07, 6.45) is -75.5. The molecular weight excluding hydrogens is 599 g/mol. The van der Waals surface area contributed by atoms with Crippen molar-refractivity contribution >= 4 is 0 Å². The van der Waals surface area contributed by atoms with Gasteiger partial charge in [-0.2, -0.15) is 92.2 Å². The number of alkyl halides is 21. The van der Waals surface area contributed by atoms with Gasteiger partial charge in [0.25, 0.3) is 0 Å². The molecule has 0 atom stereocenters. The molecule has 0 bridgehead atoms. The van der Waals surface area contributed by atoms with Gasteiger partial charge in [-0.1, -0.05) is 0 Å². The first-order valence-electron chi connectivity index (χ1n) is 7.08. The van der Waals surface area contributed by atoms with Gasteiger partial charge in [0.15, 0.2) is 0 Å². The molecule has 0 aliphatic rings. The van der Waals surface area contributed by atoms with E-state index in [4.69, 9.17) is 5.11 Å². The van der Waals surface area contributed by atoms with E-state index in [-0.39, 0.29) is 0 Å². The molecule has 0 rings (SSSR count). The first-order chi connectivity index (χ1) is 15.1. The molecule has 0 aromatic carbocycles. The predicted molar refractivity (Wildman–Crippen MR) is 57.1 cm³/mol. The van der Waals surface area contributed by atoms with Crippen LogP contribution in [-0.4, -0.2) is 66.3 Å². The third kappa shape index (κ3) is 7.00. The Balaban J connectivity index is 6.02. The first-order valence-corrected chi connectivity index (χ1v) is 7.08. The van der Waals surface area contributed by atoms with E-state index >= 15 is 0 Å². The number of hydrogen-bond donors (Lipinski definition) is 1. The molecule has 0 amide bonds. The second kappa shape index (κ2) is 8.97. The van der Waals surface area contributed by atoms with Gasteiger partial charge in [-0.25, -0.2) is 18.9 Å². The van der Waals surface area contributed by atoms with E-state index in [9.17, 15) is 92.2 Å². The number of halogens is 21. The van der Waals surface area contributed by atoms with E-state index < -0.39 is 61.2 Å². The molecule has 0 saturated carbocycles. The number of ether oxygens (including phenoxy) is 4. The summed E-state index contributed by atoms with van der Waals surface area (Å²) in [6, 6.07) is 0. The van der Waals surface area contributed by atoms with Crippen LogP contribution in [0.2, 0.25) is 0 Å². The van der Waals surface area contributed by atoms with E-state index in [1.54, 1.807) is 0 Å². The first kappa shape index (κ1) is 34.3. The van der Waals surface area contributed by atoms with Crippen molar-refractivity contribution in [3.05, 3.63) is 0 Å². The lowest BCUT2D eigenvalue weighted by atomic mass is 10.4. The molecule has 1 N–H and O–H groups in total. The van der Waals surface area contributed by atoms with Crippen LogP contribution in [0.3, 0.4) is 0 Å². The summed E-state index contributed by atoms with van der Waals surface area (Å²) in [5.41, 5.74) is 0. The average Bonchev–Trinajstić information content (AvgIpc) is 2.47. The maximum atomic E-state index is 13.0. The van der Waals surface area contributed by atoms with E-state index in [2.05, 4.69) is 0 Å².